The second-order valence-corrected chi connectivity index (χ2v) is 12.4. The van der Waals surface area contributed by atoms with E-state index in [0.717, 1.165) is 43.5 Å². The molecular formula is C32H43NO9. The van der Waals surface area contributed by atoms with E-state index >= 15 is 0 Å². The fourth-order valence-corrected chi connectivity index (χ4v) is 6.92. The molecule has 2 N–H and O–H groups in total. The normalized spacial score (nSPS) is 26.1. The van der Waals surface area contributed by atoms with Crippen molar-refractivity contribution in [1.29, 1.82) is 0 Å². The highest BCUT2D eigenvalue weighted by Gasteiger charge is 2.59. The molecule has 230 valence electrons. The lowest BCUT2D eigenvalue weighted by atomic mass is 9.77. The maximum atomic E-state index is 14.0. The fourth-order valence-electron chi connectivity index (χ4n) is 6.92. The van der Waals surface area contributed by atoms with Crippen LogP contribution in [0.15, 0.2) is 36.1 Å². The summed E-state index contributed by atoms with van der Waals surface area (Å²) in [5.41, 5.74) is -1.48. The number of nitrogens with zero attached hydrogens (tertiary/aromatic N) is 1. The van der Waals surface area contributed by atoms with E-state index in [2.05, 4.69) is 11.0 Å². The Labute approximate surface area is 247 Å². The summed E-state index contributed by atoms with van der Waals surface area (Å²) in [6.07, 6.45) is 7.29. The Morgan fingerprint density at radius 3 is 2.64 bits per heavy atom. The molecule has 0 radical (unpaired) electrons. The zero-order valence-electron chi connectivity index (χ0n) is 25.0. The van der Waals surface area contributed by atoms with Crippen LogP contribution in [0, 0.1) is 0 Å². The fraction of sp³-hybridized carbons (Fsp3) is 0.625. The van der Waals surface area contributed by atoms with Crippen LogP contribution in [-0.4, -0.2) is 83.5 Å². The smallest absolute Gasteiger partial charge is 0.339 e. The number of carbonyl (C=O) groups is 2. The molecule has 1 saturated heterocycles. The van der Waals surface area contributed by atoms with Gasteiger partial charge >= 0.3 is 11.9 Å². The average molecular weight is 586 g/mol. The van der Waals surface area contributed by atoms with Crippen LogP contribution in [0.4, 0.5) is 0 Å². The van der Waals surface area contributed by atoms with Crippen molar-refractivity contribution in [3.63, 3.8) is 0 Å². The molecule has 4 atom stereocenters. The minimum Gasteiger partial charge on any atom is -0.497 e. The number of hydrogen-bond donors (Lipinski definition) is 2. The second kappa shape index (κ2) is 11.9. The SMILES string of the molecule is C/C=C/COC(=O)C[C@@](O)(CCCC(C)(C)O)C(=O)OC1C(OC)=C[C@@]23CCCN2CCc2cc4c(cc2[C@H]13)OCO4. The van der Waals surface area contributed by atoms with Crippen molar-refractivity contribution in [2.24, 2.45) is 0 Å². The molecular weight excluding hydrogens is 542 g/mol. The molecule has 1 spiro atoms. The Hall–Kier alpha value is -3.08. The summed E-state index contributed by atoms with van der Waals surface area (Å²) < 4.78 is 28.7. The van der Waals surface area contributed by atoms with Crippen molar-refractivity contribution in [2.75, 3.05) is 33.6 Å². The Morgan fingerprint density at radius 1 is 1.17 bits per heavy atom. The molecule has 10 nitrogen and oxygen atoms in total. The van der Waals surface area contributed by atoms with Crippen LogP contribution in [0.2, 0.25) is 0 Å². The van der Waals surface area contributed by atoms with E-state index in [-0.39, 0.29) is 25.7 Å². The molecule has 4 aliphatic rings. The first-order valence-electron chi connectivity index (χ1n) is 14.9. The van der Waals surface area contributed by atoms with Crippen LogP contribution in [-0.2, 0) is 30.2 Å². The number of hydrogen-bond acceptors (Lipinski definition) is 10. The lowest BCUT2D eigenvalue weighted by molar-refractivity contribution is -0.179. The number of fused-ring (bicyclic) bond motifs is 3. The van der Waals surface area contributed by atoms with Crippen LogP contribution in [0.3, 0.4) is 0 Å². The lowest BCUT2D eigenvalue weighted by Gasteiger charge is -2.39. The third-order valence-corrected chi connectivity index (χ3v) is 8.97. The topological polar surface area (TPSA) is 124 Å². The predicted octanol–water partition coefficient (Wildman–Crippen LogP) is 3.53. The summed E-state index contributed by atoms with van der Waals surface area (Å²) in [6.45, 7) is 7.05. The third-order valence-electron chi connectivity index (χ3n) is 8.97. The first-order chi connectivity index (χ1) is 20.0. The maximum absolute atomic E-state index is 14.0. The average Bonchev–Trinajstić information content (AvgIpc) is 3.61. The highest BCUT2D eigenvalue weighted by atomic mass is 16.7. The first kappa shape index (κ1) is 30.4. The highest BCUT2D eigenvalue weighted by Crippen LogP contribution is 2.55. The zero-order chi connectivity index (χ0) is 30.1. The third kappa shape index (κ3) is 5.89. The molecule has 1 aromatic rings. The van der Waals surface area contributed by atoms with Gasteiger partial charge in [-0.3, -0.25) is 9.69 Å². The summed E-state index contributed by atoms with van der Waals surface area (Å²) in [6, 6.07) is 4.01. The van der Waals surface area contributed by atoms with Gasteiger partial charge in [-0.05, 0) is 95.2 Å². The number of rotatable bonds is 11. The molecule has 3 aliphatic heterocycles. The van der Waals surface area contributed by atoms with Crippen LogP contribution in [0.1, 0.15) is 76.3 Å². The van der Waals surface area contributed by atoms with Crippen molar-refractivity contribution in [3.05, 3.63) is 47.2 Å². The highest BCUT2D eigenvalue weighted by molar-refractivity contribution is 5.86. The van der Waals surface area contributed by atoms with Crippen LogP contribution in [0.25, 0.3) is 0 Å². The number of benzene rings is 1. The molecule has 0 amide bonds. The largest absolute Gasteiger partial charge is 0.497 e. The summed E-state index contributed by atoms with van der Waals surface area (Å²) in [4.78, 5) is 29.1. The van der Waals surface area contributed by atoms with E-state index in [0.29, 0.717) is 30.1 Å². The van der Waals surface area contributed by atoms with Gasteiger partial charge in [0.1, 0.15) is 12.4 Å². The van der Waals surface area contributed by atoms with E-state index in [1.165, 1.54) is 0 Å². The van der Waals surface area contributed by atoms with Crippen molar-refractivity contribution >= 4 is 11.9 Å². The molecule has 5 rings (SSSR count). The zero-order valence-corrected chi connectivity index (χ0v) is 25.0. The lowest BCUT2D eigenvalue weighted by Crippen LogP contribution is -2.49. The Bertz CT molecular complexity index is 1250. The van der Waals surface area contributed by atoms with Crippen molar-refractivity contribution in [1.82, 2.24) is 4.90 Å². The summed E-state index contributed by atoms with van der Waals surface area (Å²) in [5.74, 6) is -0.0707. The molecule has 10 heteroatoms. The number of ether oxygens (including phenoxy) is 5. The monoisotopic (exact) mass is 585 g/mol. The van der Waals surface area contributed by atoms with Gasteiger partial charge in [-0.15, -0.1) is 0 Å². The quantitative estimate of drug-likeness (QED) is 0.294. The standard InChI is InChI=1S/C32H43NO9/c1-5-6-15-39-26(34)19-32(37,12-7-10-30(2,3)36)29(35)42-28-25(38-4)18-31-11-8-13-33(31)14-9-21-16-23-24(41-20-40-23)17-22(21)27(28)31/h5-6,16-18,27-28,36-37H,7-15,19-20H2,1-4H3/b6-5+/t27-,28?,31-,32+/m1/s1. The van der Waals surface area contributed by atoms with E-state index in [9.17, 15) is 19.8 Å². The van der Waals surface area contributed by atoms with Gasteiger partial charge in [-0.2, -0.15) is 0 Å². The molecule has 0 saturated carbocycles. The van der Waals surface area contributed by atoms with Gasteiger partial charge in [0.05, 0.1) is 30.6 Å². The van der Waals surface area contributed by atoms with Gasteiger partial charge in [0, 0.05) is 6.54 Å². The first-order valence-corrected chi connectivity index (χ1v) is 14.9. The number of aliphatic hydroxyl groups is 2. The second-order valence-electron chi connectivity index (χ2n) is 12.4. The van der Waals surface area contributed by atoms with Gasteiger partial charge in [-0.1, -0.05) is 12.2 Å². The van der Waals surface area contributed by atoms with Gasteiger partial charge in [0.25, 0.3) is 0 Å². The molecule has 42 heavy (non-hydrogen) atoms. The van der Waals surface area contributed by atoms with Crippen LogP contribution in [0.5, 0.6) is 11.5 Å². The van der Waals surface area contributed by atoms with Gasteiger partial charge in [0.2, 0.25) is 6.79 Å². The summed E-state index contributed by atoms with van der Waals surface area (Å²) in [5, 5.41) is 21.9. The van der Waals surface area contributed by atoms with Gasteiger partial charge in [0.15, 0.2) is 23.2 Å². The molecule has 0 bridgehead atoms. The molecule has 3 heterocycles. The predicted molar refractivity (Wildman–Crippen MR) is 153 cm³/mol. The van der Waals surface area contributed by atoms with Crippen LogP contribution >= 0.6 is 0 Å². The van der Waals surface area contributed by atoms with Crippen molar-refractivity contribution < 1.29 is 43.5 Å². The van der Waals surface area contributed by atoms with E-state index < -0.39 is 41.2 Å². The van der Waals surface area contributed by atoms with E-state index in [1.807, 2.05) is 12.1 Å². The molecule has 0 aromatic heterocycles. The molecule has 1 unspecified atom stereocenters. The molecule has 1 fully saturated rings. The number of methoxy groups -OCH3 is 1. The van der Waals surface area contributed by atoms with Gasteiger partial charge in [-0.25, -0.2) is 4.79 Å². The Kier molecular flexibility index (Phi) is 8.60. The maximum Gasteiger partial charge on any atom is 0.339 e. The van der Waals surface area contributed by atoms with Crippen molar-refractivity contribution in [3.8, 4) is 11.5 Å². The molecule has 1 aromatic carbocycles. The van der Waals surface area contributed by atoms with E-state index in [4.69, 9.17) is 23.7 Å². The number of esters is 2. The van der Waals surface area contributed by atoms with Gasteiger partial charge < -0.3 is 33.9 Å². The minimum atomic E-state index is -2.15. The Balaban J connectivity index is 1.47. The number of allylic oxidation sites excluding steroid dienone is 1. The number of carbonyl (C=O) groups excluding carboxylic acids is 2. The minimum absolute atomic E-state index is 0.0383. The van der Waals surface area contributed by atoms with Crippen molar-refractivity contribution in [2.45, 2.75) is 94.5 Å². The van der Waals surface area contributed by atoms with Crippen LogP contribution < -0.4 is 9.47 Å². The Morgan fingerprint density at radius 2 is 1.93 bits per heavy atom. The van der Waals surface area contributed by atoms with E-state index in [1.54, 1.807) is 40.0 Å². The summed E-state index contributed by atoms with van der Waals surface area (Å²) in [7, 11) is 1.56. The molecule has 1 aliphatic carbocycles. The summed E-state index contributed by atoms with van der Waals surface area (Å²) >= 11 is 0.